The van der Waals surface area contributed by atoms with E-state index >= 15 is 0 Å². The van der Waals surface area contributed by atoms with Gasteiger partial charge in [-0.25, -0.2) is 9.18 Å². The minimum atomic E-state index is -0.810. The van der Waals surface area contributed by atoms with Gasteiger partial charge in [-0.15, -0.1) is 0 Å². The summed E-state index contributed by atoms with van der Waals surface area (Å²) in [5.41, 5.74) is 2.56. The van der Waals surface area contributed by atoms with E-state index in [0.29, 0.717) is 22.7 Å². The summed E-state index contributed by atoms with van der Waals surface area (Å²) in [5, 5.41) is 2.17. The molecule has 3 aromatic rings. The van der Waals surface area contributed by atoms with Gasteiger partial charge in [0.2, 0.25) is 0 Å². The fourth-order valence-corrected chi connectivity index (χ4v) is 3.68. The molecule has 31 heavy (non-hydrogen) atoms. The molecule has 0 aliphatic carbocycles. The van der Waals surface area contributed by atoms with Gasteiger partial charge in [0.05, 0.1) is 17.8 Å². The first-order valence-corrected chi connectivity index (χ1v) is 9.69. The second-order valence-corrected chi connectivity index (χ2v) is 7.46. The molecule has 7 nitrogen and oxygen atoms in total. The maximum absolute atomic E-state index is 13.5. The second-order valence-electron chi connectivity index (χ2n) is 7.05. The molecule has 0 spiro atoms. The van der Waals surface area contributed by atoms with Crippen LogP contribution in [0.1, 0.15) is 22.7 Å². The highest BCUT2D eigenvalue weighted by molar-refractivity contribution is 6.31. The van der Waals surface area contributed by atoms with Crippen molar-refractivity contribution in [2.75, 3.05) is 0 Å². The minimum absolute atomic E-state index is 0.0150. The molecule has 1 fully saturated rings. The number of nitrogens with one attached hydrogen (secondary N) is 1. The molecule has 0 radical (unpaired) electrons. The van der Waals surface area contributed by atoms with E-state index in [1.165, 1.54) is 24.5 Å². The van der Waals surface area contributed by atoms with Crippen LogP contribution in [0.15, 0.2) is 52.7 Å². The van der Waals surface area contributed by atoms with Crippen molar-refractivity contribution < 1.29 is 23.2 Å². The van der Waals surface area contributed by atoms with Gasteiger partial charge >= 0.3 is 6.03 Å². The van der Waals surface area contributed by atoms with Gasteiger partial charge in [0, 0.05) is 17.1 Å². The molecule has 1 aliphatic rings. The van der Waals surface area contributed by atoms with E-state index in [9.17, 15) is 18.8 Å². The Bertz CT molecular complexity index is 1240. The minimum Gasteiger partial charge on any atom is -0.467 e. The number of nitrogens with zero attached hydrogens (tertiary/aromatic N) is 2. The van der Waals surface area contributed by atoms with Crippen LogP contribution in [-0.4, -0.2) is 27.3 Å². The number of hydrogen-bond donors (Lipinski definition) is 1. The number of aromatic nitrogens is 1. The molecule has 4 rings (SSSR count). The van der Waals surface area contributed by atoms with Gasteiger partial charge < -0.3 is 8.98 Å². The molecular weight excluding hydrogens is 425 g/mol. The van der Waals surface area contributed by atoms with Crippen LogP contribution in [0.4, 0.5) is 9.18 Å². The highest BCUT2D eigenvalue weighted by Crippen LogP contribution is 2.27. The average molecular weight is 442 g/mol. The third-order valence-corrected chi connectivity index (χ3v) is 5.30. The van der Waals surface area contributed by atoms with Crippen LogP contribution in [0, 0.1) is 19.7 Å². The molecule has 3 heterocycles. The summed E-state index contributed by atoms with van der Waals surface area (Å²) in [6.45, 7) is 3.53. The van der Waals surface area contributed by atoms with Crippen LogP contribution in [0.25, 0.3) is 11.8 Å². The van der Waals surface area contributed by atoms with Crippen molar-refractivity contribution >= 4 is 35.5 Å². The van der Waals surface area contributed by atoms with Crippen LogP contribution in [0.2, 0.25) is 5.02 Å². The molecule has 1 aromatic carbocycles. The molecular formula is C22H17ClFN3O4. The number of benzene rings is 1. The Balaban J connectivity index is 1.71. The zero-order chi connectivity index (χ0) is 22.3. The lowest BCUT2D eigenvalue weighted by molar-refractivity contribution is -0.130. The molecule has 0 bridgehead atoms. The van der Waals surface area contributed by atoms with E-state index in [1.54, 1.807) is 31.2 Å². The van der Waals surface area contributed by atoms with Crippen molar-refractivity contribution in [1.29, 1.82) is 0 Å². The zero-order valence-corrected chi connectivity index (χ0v) is 17.4. The molecule has 158 valence electrons. The SMILES string of the molecule is Cc1cc(/C=C2\C(=O)NC(=O)N(Cc3ccco3)C2=O)c(C)n1-c1ccc(F)c(Cl)c1. The number of imide groups is 2. The summed E-state index contributed by atoms with van der Waals surface area (Å²) in [6.07, 6.45) is 2.86. The van der Waals surface area contributed by atoms with Crippen LogP contribution in [0.3, 0.4) is 0 Å². The van der Waals surface area contributed by atoms with Crippen molar-refractivity contribution in [1.82, 2.24) is 14.8 Å². The molecule has 1 aliphatic heterocycles. The fraction of sp³-hybridized carbons (Fsp3) is 0.136. The molecule has 0 saturated carbocycles. The van der Waals surface area contributed by atoms with Crippen LogP contribution < -0.4 is 5.32 Å². The molecule has 0 unspecified atom stereocenters. The molecule has 0 atom stereocenters. The molecule has 1 N–H and O–H groups in total. The van der Waals surface area contributed by atoms with Crippen molar-refractivity contribution in [2.24, 2.45) is 0 Å². The van der Waals surface area contributed by atoms with Crippen LogP contribution in [0.5, 0.6) is 0 Å². The predicted octanol–water partition coefficient (Wildman–Crippen LogP) is 4.14. The van der Waals surface area contributed by atoms with Gasteiger partial charge in [-0.1, -0.05) is 11.6 Å². The lowest BCUT2D eigenvalue weighted by Gasteiger charge is -2.25. The van der Waals surface area contributed by atoms with E-state index in [0.717, 1.165) is 10.6 Å². The number of furan rings is 1. The average Bonchev–Trinajstić information content (AvgIpc) is 3.32. The Labute approximate surface area is 181 Å². The predicted molar refractivity (Wildman–Crippen MR) is 111 cm³/mol. The largest absolute Gasteiger partial charge is 0.467 e. The summed E-state index contributed by atoms with van der Waals surface area (Å²) >= 11 is 5.91. The number of amides is 4. The highest BCUT2D eigenvalue weighted by atomic mass is 35.5. The van der Waals surface area contributed by atoms with E-state index in [-0.39, 0.29) is 17.1 Å². The fourth-order valence-electron chi connectivity index (χ4n) is 3.51. The van der Waals surface area contributed by atoms with E-state index < -0.39 is 23.7 Å². The van der Waals surface area contributed by atoms with Gasteiger partial charge in [-0.3, -0.25) is 19.8 Å². The first kappa shape index (κ1) is 20.6. The third kappa shape index (κ3) is 3.77. The number of hydrogen-bond acceptors (Lipinski definition) is 4. The van der Waals surface area contributed by atoms with Gasteiger partial charge in [-0.2, -0.15) is 0 Å². The Morgan fingerprint density at radius 2 is 1.94 bits per heavy atom. The van der Waals surface area contributed by atoms with Crippen molar-refractivity contribution in [3.05, 3.63) is 81.8 Å². The number of barbiturate groups is 1. The topological polar surface area (TPSA) is 84.6 Å². The normalized spacial score (nSPS) is 15.7. The summed E-state index contributed by atoms with van der Waals surface area (Å²) in [5.74, 6) is -1.62. The first-order valence-electron chi connectivity index (χ1n) is 9.32. The summed E-state index contributed by atoms with van der Waals surface area (Å²) in [6, 6.07) is 8.59. The monoisotopic (exact) mass is 441 g/mol. The third-order valence-electron chi connectivity index (χ3n) is 5.01. The lowest BCUT2D eigenvalue weighted by Crippen LogP contribution is -2.53. The molecule has 4 amide bonds. The Morgan fingerprint density at radius 3 is 2.61 bits per heavy atom. The Kier molecular flexibility index (Phi) is 5.24. The van der Waals surface area contributed by atoms with E-state index in [2.05, 4.69) is 5.32 Å². The Morgan fingerprint density at radius 1 is 1.16 bits per heavy atom. The number of aryl methyl sites for hydroxylation is 1. The Hall–Kier alpha value is -3.65. The van der Waals surface area contributed by atoms with E-state index in [4.69, 9.17) is 16.0 Å². The van der Waals surface area contributed by atoms with Crippen LogP contribution in [-0.2, 0) is 16.1 Å². The van der Waals surface area contributed by atoms with Gasteiger partial charge in [0.25, 0.3) is 11.8 Å². The number of rotatable bonds is 4. The number of carbonyl (C=O) groups is 3. The maximum Gasteiger partial charge on any atom is 0.331 e. The van der Waals surface area contributed by atoms with Gasteiger partial charge in [0.1, 0.15) is 17.2 Å². The molecule has 9 heteroatoms. The van der Waals surface area contributed by atoms with Gasteiger partial charge in [0.15, 0.2) is 0 Å². The standard InChI is InChI=1S/C22H17ClFN3O4/c1-12-8-14(13(2)27(12)15-5-6-19(24)18(23)10-15)9-17-20(28)25-22(30)26(21(17)29)11-16-4-3-7-31-16/h3-10H,11H2,1-2H3,(H,25,28,30)/b17-9+. The smallest absolute Gasteiger partial charge is 0.331 e. The summed E-state index contributed by atoms with van der Waals surface area (Å²) in [7, 11) is 0. The van der Waals surface area contributed by atoms with Crippen LogP contribution >= 0.6 is 11.6 Å². The quantitative estimate of drug-likeness (QED) is 0.487. The number of halogens is 2. The summed E-state index contributed by atoms with van der Waals surface area (Å²) < 4.78 is 20.6. The molecule has 1 saturated heterocycles. The van der Waals surface area contributed by atoms with E-state index in [1.807, 2.05) is 11.5 Å². The van der Waals surface area contributed by atoms with Crippen molar-refractivity contribution in [3.63, 3.8) is 0 Å². The zero-order valence-electron chi connectivity index (χ0n) is 16.6. The number of carbonyl (C=O) groups excluding carboxylic acids is 3. The highest BCUT2D eigenvalue weighted by Gasteiger charge is 2.36. The van der Waals surface area contributed by atoms with Gasteiger partial charge in [-0.05, 0) is 61.9 Å². The first-order chi connectivity index (χ1) is 14.8. The number of urea groups is 1. The maximum atomic E-state index is 13.5. The molecule has 2 aromatic heterocycles. The summed E-state index contributed by atoms with van der Waals surface area (Å²) in [4.78, 5) is 38.4. The second kappa shape index (κ2) is 7.88. The van der Waals surface area contributed by atoms with Crippen molar-refractivity contribution in [3.8, 4) is 5.69 Å². The lowest BCUT2D eigenvalue weighted by atomic mass is 10.1. The van der Waals surface area contributed by atoms with Crippen molar-refractivity contribution in [2.45, 2.75) is 20.4 Å².